The SMILES string of the molecule is COc1cc(C)ccc1C(=O)N1CCc2c(nn(C)c2-c2cc(C(F)(F)F)nn2C)[C@@H]1C. The van der Waals surface area contributed by atoms with Crippen molar-refractivity contribution in [3.63, 3.8) is 0 Å². The highest BCUT2D eigenvalue weighted by atomic mass is 19.4. The normalized spacial score (nSPS) is 16.2. The highest BCUT2D eigenvalue weighted by molar-refractivity contribution is 5.97. The van der Waals surface area contributed by atoms with Crippen molar-refractivity contribution in [3.05, 3.63) is 52.3 Å². The van der Waals surface area contributed by atoms with Crippen molar-refractivity contribution in [2.75, 3.05) is 13.7 Å². The maximum absolute atomic E-state index is 13.3. The number of aromatic nitrogens is 4. The van der Waals surface area contributed by atoms with Gasteiger partial charge in [-0.25, -0.2) is 0 Å². The summed E-state index contributed by atoms with van der Waals surface area (Å²) in [6.07, 6.45) is -4.06. The van der Waals surface area contributed by atoms with Gasteiger partial charge in [0.2, 0.25) is 0 Å². The molecule has 0 saturated carbocycles. The summed E-state index contributed by atoms with van der Waals surface area (Å²) in [5.74, 6) is 0.330. The van der Waals surface area contributed by atoms with Gasteiger partial charge in [0.1, 0.15) is 5.75 Å². The zero-order chi connectivity index (χ0) is 23.4. The highest BCUT2D eigenvalue weighted by Crippen LogP contribution is 2.38. The van der Waals surface area contributed by atoms with Crippen LogP contribution in [0, 0.1) is 6.92 Å². The Bertz CT molecular complexity index is 1200. The molecule has 1 aliphatic rings. The molecule has 0 aliphatic carbocycles. The van der Waals surface area contributed by atoms with Gasteiger partial charge in [0.05, 0.1) is 35.8 Å². The average Bonchev–Trinajstić information content (AvgIpc) is 3.27. The molecule has 1 amide bonds. The predicted molar refractivity (Wildman–Crippen MR) is 111 cm³/mol. The fourth-order valence-corrected chi connectivity index (χ4v) is 4.30. The largest absolute Gasteiger partial charge is 0.496 e. The van der Waals surface area contributed by atoms with E-state index in [0.717, 1.165) is 17.2 Å². The molecule has 3 heterocycles. The van der Waals surface area contributed by atoms with E-state index in [1.807, 2.05) is 26.0 Å². The highest BCUT2D eigenvalue weighted by Gasteiger charge is 2.38. The Hall–Kier alpha value is -3.30. The van der Waals surface area contributed by atoms with Gasteiger partial charge in [-0.2, -0.15) is 23.4 Å². The van der Waals surface area contributed by atoms with E-state index in [1.165, 1.54) is 18.8 Å². The second-order valence-electron chi connectivity index (χ2n) is 8.00. The summed E-state index contributed by atoms with van der Waals surface area (Å²) in [5.41, 5.74) is 2.91. The third-order valence-corrected chi connectivity index (χ3v) is 5.90. The van der Waals surface area contributed by atoms with Crippen LogP contribution in [0.2, 0.25) is 0 Å². The summed E-state index contributed by atoms with van der Waals surface area (Å²) in [6.45, 7) is 4.20. The number of aryl methyl sites for hydroxylation is 3. The summed E-state index contributed by atoms with van der Waals surface area (Å²) in [4.78, 5) is 15.0. The lowest BCUT2D eigenvalue weighted by atomic mass is 9.96. The Morgan fingerprint density at radius 1 is 1.16 bits per heavy atom. The van der Waals surface area contributed by atoms with E-state index < -0.39 is 11.9 Å². The van der Waals surface area contributed by atoms with E-state index in [-0.39, 0.29) is 11.9 Å². The topological polar surface area (TPSA) is 65.2 Å². The van der Waals surface area contributed by atoms with E-state index in [2.05, 4.69) is 10.2 Å². The first-order valence-electron chi connectivity index (χ1n) is 10.2. The summed E-state index contributed by atoms with van der Waals surface area (Å²) >= 11 is 0. The number of ether oxygens (including phenoxy) is 1. The van der Waals surface area contributed by atoms with Crippen molar-refractivity contribution >= 4 is 5.91 Å². The second kappa shape index (κ2) is 7.68. The molecule has 32 heavy (non-hydrogen) atoms. The molecule has 0 radical (unpaired) electrons. The van der Waals surface area contributed by atoms with Crippen molar-refractivity contribution in [1.29, 1.82) is 0 Å². The molecule has 1 aromatic carbocycles. The van der Waals surface area contributed by atoms with E-state index in [9.17, 15) is 18.0 Å². The molecule has 2 aromatic heterocycles. The molecule has 0 bridgehead atoms. The molecule has 7 nitrogen and oxygen atoms in total. The maximum atomic E-state index is 13.3. The number of rotatable bonds is 3. The molecule has 10 heteroatoms. The summed E-state index contributed by atoms with van der Waals surface area (Å²) in [7, 11) is 4.70. The quantitative estimate of drug-likeness (QED) is 0.611. The monoisotopic (exact) mass is 447 g/mol. The van der Waals surface area contributed by atoms with Crippen LogP contribution in [0.25, 0.3) is 11.4 Å². The van der Waals surface area contributed by atoms with E-state index in [4.69, 9.17) is 4.74 Å². The number of hydrogen-bond acceptors (Lipinski definition) is 4. The Kier molecular flexibility index (Phi) is 5.26. The second-order valence-corrected chi connectivity index (χ2v) is 8.00. The number of hydrogen-bond donors (Lipinski definition) is 0. The van der Waals surface area contributed by atoms with Crippen LogP contribution in [0.1, 0.15) is 45.8 Å². The Labute approximate surface area is 183 Å². The van der Waals surface area contributed by atoms with Crippen molar-refractivity contribution in [1.82, 2.24) is 24.5 Å². The van der Waals surface area contributed by atoms with Crippen molar-refractivity contribution in [3.8, 4) is 17.1 Å². The van der Waals surface area contributed by atoms with E-state index in [1.54, 1.807) is 22.7 Å². The van der Waals surface area contributed by atoms with E-state index >= 15 is 0 Å². The molecule has 0 fully saturated rings. The van der Waals surface area contributed by atoms with Gasteiger partial charge in [-0.15, -0.1) is 0 Å². The number of benzene rings is 1. The van der Waals surface area contributed by atoms with Crippen LogP contribution in [0.5, 0.6) is 5.75 Å². The first-order valence-corrected chi connectivity index (χ1v) is 10.2. The molecule has 0 N–H and O–H groups in total. The van der Waals surface area contributed by atoms with Crippen LogP contribution in [0.15, 0.2) is 24.3 Å². The van der Waals surface area contributed by atoms with Gasteiger partial charge in [-0.3, -0.25) is 14.2 Å². The Morgan fingerprint density at radius 2 is 1.88 bits per heavy atom. The summed E-state index contributed by atoms with van der Waals surface area (Å²) in [6, 6.07) is 6.10. The number of nitrogens with zero attached hydrogens (tertiary/aromatic N) is 5. The molecule has 3 aromatic rings. The Morgan fingerprint density at radius 3 is 2.50 bits per heavy atom. The number of fused-ring (bicyclic) bond motifs is 1. The molecule has 170 valence electrons. The molecule has 1 atom stereocenters. The molecule has 0 spiro atoms. The molecular formula is C22H24F3N5O2. The third kappa shape index (κ3) is 3.53. The number of alkyl halides is 3. The van der Waals surface area contributed by atoms with Gasteiger partial charge in [-0.05, 0) is 44.0 Å². The summed E-state index contributed by atoms with van der Waals surface area (Å²) in [5, 5.41) is 8.20. The first kappa shape index (κ1) is 21.9. The number of halogens is 3. The molecule has 4 rings (SSSR count). The third-order valence-electron chi connectivity index (χ3n) is 5.90. The molecule has 0 saturated heterocycles. The lowest BCUT2D eigenvalue weighted by Gasteiger charge is -2.33. The smallest absolute Gasteiger partial charge is 0.435 e. The number of amides is 1. The van der Waals surface area contributed by atoms with Crippen molar-refractivity contribution in [2.24, 2.45) is 14.1 Å². The maximum Gasteiger partial charge on any atom is 0.435 e. The zero-order valence-electron chi connectivity index (χ0n) is 18.5. The minimum absolute atomic E-state index is 0.174. The van der Waals surface area contributed by atoms with Gasteiger partial charge in [0.15, 0.2) is 5.69 Å². The van der Waals surface area contributed by atoms with E-state index in [0.29, 0.717) is 41.4 Å². The minimum atomic E-state index is -4.53. The molecule has 1 aliphatic heterocycles. The average molecular weight is 447 g/mol. The number of carbonyl (C=O) groups excluding carboxylic acids is 1. The van der Waals surface area contributed by atoms with Gasteiger partial charge >= 0.3 is 6.18 Å². The van der Waals surface area contributed by atoms with Gasteiger partial charge in [0, 0.05) is 26.2 Å². The van der Waals surface area contributed by atoms with Crippen LogP contribution in [0.3, 0.4) is 0 Å². The van der Waals surface area contributed by atoms with Crippen LogP contribution < -0.4 is 4.74 Å². The lowest BCUT2D eigenvalue weighted by Crippen LogP contribution is -2.39. The number of methoxy groups -OCH3 is 1. The summed E-state index contributed by atoms with van der Waals surface area (Å²) < 4.78 is 47.7. The zero-order valence-corrected chi connectivity index (χ0v) is 18.5. The fourth-order valence-electron chi connectivity index (χ4n) is 4.30. The predicted octanol–water partition coefficient (Wildman–Crippen LogP) is 3.92. The van der Waals surface area contributed by atoms with Crippen molar-refractivity contribution in [2.45, 2.75) is 32.5 Å². The standard InChI is InChI=1S/C22H24F3N5O2/c1-12-6-7-14(17(10-12)32-5)21(31)30-9-8-15-19(13(30)2)27-29(4)20(15)16-11-18(22(23,24)25)26-28(16)3/h6-7,10-11,13H,8-9H2,1-5H3/t13-/m0/s1. The van der Waals surface area contributed by atoms with Crippen LogP contribution in [-0.2, 0) is 26.7 Å². The minimum Gasteiger partial charge on any atom is -0.496 e. The van der Waals surface area contributed by atoms with Crippen LogP contribution in [-0.4, -0.2) is 44.0 Å². The van der Waals surface area contributed by atoms with Gasteiger partial charge < -0.3 is 9.64 Å². The lowest BCUT2D eigenvalue weighted by molar-refractivity contribution is -0.141. The molecular weight excluding hydrogens is 423 g/mol. The van der Waals surface area contributed by atoms with Crippen LogP contribution >= 0.6 is 0 Å². The molecule has 0 unspecified atom stereocenters. The van der Waals surface area contributed by atoms with Gasteiger partial charge in [0.25, 0.3) is 5.91 Å². The Balaban J connectivity index is 1.71. The van der Waals surface area contributed by atoms with Crippen LogP contribution in [0.4, 0.5) is 13.2 Å². The van der Waals surface area contributed by atoms with Crippen molar-refractivity contribution < 1.29 is 22.7 Å². The fraction of sp³-hybridized carbons (Fsp3) is 0.409. The van der Waals surface area contributed by atoms with Gasteiger partial charge in [-0.1, -0.05) is 6.07 Å². The number of carbonyl (C=O) groups is 1. The first-order chi connectivity index (χ1) is 15.0.